The van der Waals surface area contributed by atoms with Crippen LogP contribution in [-0.4, -0.2) is 15.2 Å². The number of rotatable bonds is 2. The van der Waals surface area contributed by atoms with Gasteiger partial charge in [0.25, 0.3) is 0 Å². The van der Waals surface area contributed by atoms with Gasteiger partial charge in [0, 0.05) is 16.6 Å². The van der Waals surface area contributed by atoms with E-state index in [-0.39, 0.29) is 11.5 Å². The number of benzene rings is 2. The molecule has 0 saturated heterocycles. The minimum absolute atomic E-state index is 0.191. The number of aromatic amines is 1. The Kier molecular flexibility index (Phi) is 2.56. The number of nitrogens with one attached hydrogen (secondary N) is 2. The molecule has 1 heterocycles. The standard InChI is InChI=1S/C15H14N2O2/c1-9-15(17-13-4-2-3-5-14(13)19)11-8-10(18)6-7-12(11)16-9/h2-8,16-19H,1H3. The van der Waals surface area contributed by atoms with Crippen molar-refractivity contribution in [1.82, 2.24) is 4.98 Å². The summed E-state index contributed by atoms with van der Waals surface area (Å²) in [6.07, 6.45) is 0. The smallest absolute Gasteiger partial charge is 0.139 e. The van der Waals surface area contributed by atoms with E-state index in [4.69, 9.17) is 0 Å². The maximum atomic E-state index is 9.80. The van der Waals surface area contributed by atoms with Crippen LogP contribution in [0.15, 0.2) is 42.5 Å². The second-order valence-corrected chi connectivity index (χ2v) is 4.50. The molecule has 4 nitrogen and oxygen atoms in total. The van der Waals surface area contributed by atoms with Crippen LogP contribution in [-0.2, 0) is 0 Å². The molecular weight excluding hydrogens is 240 g/mol. The Morgan fingerprint density at radius 3 is 2.63 bits per heavy atom. The number of phenolic OH excluding ortho intramolecular Hbond substituents is 2. The molecule has 0 amide bonds. The summed E-state index contributed by atoms with van der Waals surface area (Å²) in [5, 5.41) is 23.5. The van der Waals surface area contributed by atoms with E-state index in [1.807, 2.05) is 19.1 Å². The molecule has 0 radical (unpaired) electrons. The number of aromatic nitrogens is 1. The quantitative estimate of drug-likeness (QED) is 0.528. The van der Waals surface area contributed by atoms with E-state index in [0.29, 0.717) is 5.69 Å². The summed E-state index contributed by atoms with van der Waals surface area (Å²) in [5.74, 6) is 0.406. The van der Waals surface area contributed by atoms with Gasteiger partial charge in [-0.2, -0.15) is 0 Å². The largest absolute Gasteiger partial charge is 0.508 e. The summed E-state index contributed by atoms with van der Waals surface area (Å²) in [6, 6.07) is 12.2. The Labute approximate surface area is 110 Å². The zero-order chi connectivity index (χ0) is 13.4. The van der Waals surface area contributed by atoms with Crippen LogP contribution in [0, 0.1) is 6.92 Å². The van der Waals surface area contributed by atoms with E-state index in [0.717, 1.165) is 22.3 Å². The summed E-state index contributed by atoms with van der Waals surface area (Å²) >= 11 is 0. The van der Waals surface area contributed by atoms with Crippen LogP contribution >= 0.6 is 0 Å². The van der Waals surface area contributed by atoms with Crippen molar-refractivity contribution in [3.05, 3.63) is 48.2 Å². The molecule has 0 atom stereocenters. The lowest BCUT2D eigenvalue weighted by Gasteiger charge is -2.08. The summed E-state index contributed by atoms with van der Waals surface area (Å²) in [7, 11) is 0. The van der Waals surface area contributed by atoms with Crippen molar-refractivity contribution in [2.75, 3.05) is 5.32 Å². The molecule has 1 aromatic heterocycles. The number of fused-ring (bicyclic) bond motifs is 1. The third kappa shape index (κ3) is 1.97. The van der Waals surface area contributed by atoms with E-state index in [2.05, 4.69) is 10.3 Å². The van der Waals surface area contributed by atoms with E-state index < -0.39 is 0 Å². The summed E-state index contributed by atoms with van der Waals surface area (Å²) in [5.41, 5.74) is 3.37. The molecule has 19 heavy (non-hydrogen) atoms. The zero-order valence-corrected chi connectivity index (χ0v) is 10.4. The molecule has 0 saturated carbocycles. The Hall–Kier alpha value is -2.62. The zero-order valence-electron chi connectivity index (χ0n) is 10.4. The number of para-hydroxylation sites is 2. The van der Waals surface area contributed by atoms with E-state index in [1.165, 1.54) is 0 Å². The first-order valence-electron chi connectivity index (χ1n) is 6.01. The fraction of sp³-hybridized carbons (Fsp3) is 0.0667. The SMILES string of the molecule is Cc1[nH]c2ccc(O)cc2c1Nc1ccccc1O. The number of hydrogen-bond donors (Lipinski definition) is 4. The highest BCUT2D eigenvalue weighted by Crippen LogP contribution is 2.34. The summed E-state index contributed by atoms with van der Waals surface area (Å²) < 4.78 is 0. The van der Waals surface area contributed by atoms with Crippen LogP contribution in [0.5, 0.6) is 11.5 Å². The average molecular weight is 254 g/mol. The number of H-pyrrole nitrogens is 1. The first-order chi connectivity index (χ1) is 9.15. The fourth-order valence-corrected chi connectivity index (χ4v) is 2.19. The normalized spacial score (nSPS) is 10.8. The maximum Gasteiger partial charge on any atom is 0.139 e. The van der Waals surface area contributed by atoms with Crippen LogP contribution in [0.1, 0.15) is 5.69 Å². The Morgan fingerprint density at radius 2 is 1.84 bits per heavy atom. The third-order valence-corrected chi connectivity index (χ3v) is 3.13. The molecule has 0 unspecified atom stereocenters. The molecule has 3 aromatic rings. The molecule has 3 rings (SSSR count). The van der Waals surface area contributed by atoms with Gasteiger partial charge in [-0.05, 0) is 37.3 Å². The highest BCUT2D eigenvalue weighted by atomic mass is 16.3. The predicted octanol–water partition coefficient (Wildman–Crippen LogP) is 3.63. The molecular formula is C15H14N2O2. The molecule has 0 spiro atoms. The minimum atomic E-state index is 0.191. The van der Waals surface area contributed by atoms with Gasteiger partial charge in [-0.1, -0.05) is 12.1 Å². The number of aryl methyl sites for hydroxylation is 1. The lowest BCUT2D eigenvalue weighted by molar-refractivity contribution is 0.476. The van der Waals surface area contributed by atoms with Crippen LogP contribution in [0.2, 0.25) is 0 Å². The van der Waals surface area contributed by atoms with Gasteiger partial charge in [0.15, 0.2) is 0 Å². The van der Waals surface area contributed by atoms with Gasteiger partial charge >= 0.3 is 0 Å². The van der Waals surface area contributed by atoms with Crippen molar-refractivity contribution in [2.45, 2.75) is 6.92 Å². The number of hydrogen-bond acceptors (Lipinski definition) is 3. The number of anilines is 2. The van der Waals surface area contributed by atoms with Gasteiger partial charge in [-0.3, -0.25) is 0 Å². The molecule has 96 valence electrons. The second kappa shape index (κ2) is 4.24. The van der Waals surface area contributed by atoms with Gasteiger partial charge in [-0.25, -0.2) is 0 Å². The molecule has 2 aromatic carbocycles. The molecule has 0 aliphatic rings. The third-order valence-electron chi connectivity index (χ3n) is 3.13. The first-order valence-corrected chi connectivity index (χ1v) is 6.01. The van der Waals surface area contributed by atoms with Crippen LogP contribution < -0.4 is 5.32 Å². The highest BCUT2D eigenvalue weighted by Gasteiger charge is 2.10. The molecule has 0 bridgehead atoms. The van der Waals surface area contributed by atoms with Gasteiger partial charge in [0.05, 0.1) is 11.4 Å². The van der Waals surface area contributed by atoms with Crippen LogP contribution in [0.4, 0.5) is 11.4 Å². The van der Waals surface area contributed by atoms with Gasteiger partial charge < -0.3 is 20.5 Å². The van der Waals surface area contributed by atoms with Gasteiger partial charge in [0.2, 0.25) is 0 Å². The lowest BCUT2D eigenvalue weighted by Crippen LogP contribution is -1.91. The van der Waals surface area contributed by atoms with Gasteiger partial charge in [-0.15, -0.1) is 0 Å². The molecule has 4 N–H and O–H groups in total. The summed E-state index contributed by atoms with van der Waals surface area (Å²) in [4.78, 5) is 3.24. The Morgan fingerprint density at radius 1 is 1.05 bits per heavy atom. The van der Waals surface area contributed by atoms with Crippen molar-refractivity contribution in [2.24, 2.45) is 0 Å². The minimum Gasteiger partial charge on any atom is -0.508 e. The van der Waals surface area contributed by atoms with Crippen LogP contribution in [0.25, 0.3) is 10.9 Å². The second-order valence-electron chi connectivity index (χ2n) is 4.50. The summed E-state index contributed by atoms with van der Waals surface area (Å²) in [6.45, 7) is 1.94. The fourth-order valence-electron chi connectivity index (χ4n) is 2.19. The maximum absolute atomic E-state index is 9.80. The molecule has 0 aliphatic heterocycles. The lowest BCUT2D eigenvalue weighted by atomic mass is 10.2. The highest BCUT2D eigenvalue weighted by molar-refractivity contribution is 5.97. The van der Waals surface area contributed by atoms with Crippen molar-refractivity contribution < 1.29 is 10.2 Å². The Bertz CT molecular complexity index is 747. The van der Waals surface area contributed by atoms with E-state index in [9.17, 15) is 10.2 Å². The molecule has 4 heteroatoms. The number of aromatic hydroxyl groups is 2. The van der Waals surface area contributed by atoms with Crippen molar-refractivity contribution in [3.63, 3.8) is 0 Å². The monoisotopic (exact) mass is 254 g/mol. The Balaban J connectivity index is 2.12. The van der Waals surface area contributed by atoms with Crippen molar-refractivity contribution in [3.8, 4) is 11.5 Å². The number of phenols is 2. The van der Waals surface area contributed by atoms with E-state index in [1.54, 1.807) is 30.3 Å². The first kappa shape index (κ1) is 11.5. The molecule has 0 aliphatic carbocycles. The van der Waals surface area contributed by atoms with Crippen molar-refractivity contribution >= 4 is 22.3 Å². The molecule has 0 fully saturated rings. The van der Waals surface area contributed by atoms with Gasteiger partial charge in [0.1, 0.15) is 11.5 Å². The topological polar surface area (TPSA) is 68.3 Å². The average Bonchev–Trinajstić information content (AvgIpc) is 2.69. The van der Waals surface area contributed by atoms with Crippen LogP contribution in [0.3, 0.4) is 0 Å². The predicted molar refractivity (Wildman–Crippen MR) is 76.1 cm³/mol. The van der Waals surface area contributed by atoms with Crippen molar-refractivity contribution in [1.29, 1.82) is 0 Å². The van der Waals surface area contributed by atoms with E-state index >= 15 is 0 Å².